The molecule has 0 bridgehead atoms. The molecule has 1 amide bonds. The van der Waals surface area contributed by atoms with Crippen LogP contribution in [0.25, 0.3) is 11.3 Å². The molecule has 6 nitrogen and oxygen atoms in total. The Balaban J connectivity index is 1.86. The van der Waals surface area contributed by atoms with E-state index < -0.39 is 28.9 Å². The maximum atomic E-state index is 14.0. The first kappa shape index (κ1) is 25.9. The smallest absolute Gasteiger partial charge is 0.249 e. The molecule has 0 spiro atoms. The largest absolute Gasteiger partial charge is 0.371 e. The number of hydrogen-bond donors (Lipinski definition) is 1. The van der Waals surface area contributed by atoms with Crippen LogP contribution >= 0.6 is 0 Å². The minimum atomic E-state index is -0.685. The number of carbonyl (C=O) groups is 1. The number of carbonyl (C=O) groups excluding carboxylic acids is 1. The molecule has 4 rings (SSSR count). The summed E-state index contributed by atoms with van der Waals surface area (Å²) in [5.41, 5.74) is 6.90. The molecule has 9 heteroatoms. The Kier molecular flexibility index (Phi) is 7.51. The van der Waals surface area contributed by atoms with E-state index in [0.717, 1.165) is 6.07 Å². The molecule has 1 aliphatic heterocycles. The van der Waals surface area contributed by atoms with Crippen molar-refractivity contribution in [1.82, 2.24) is 14.5 Å². The summed E-state index contributed by atoms with van der Waals surface area (Å²) in [5, 5.41) is 0. The third kappa shape index (κ3) is 5.79. The van der Waals surface area contributed by atoms with Crippen LogP contribution in [-0.4, -0.2) is 46.7 Å². The Morgan fingerprint density at radius 2 is 1.83 bits per heavy atom. The summed E-state index contributed by atoms with van der Waals surface area (Å²) in [7, 11) is 0. The van der Waals surface area contributed by atoms with E-state index in [-0.39, 0.29) is 25.0 Å². The Hall–Kier alpha value is -3.17. The number of imidazole rings is 1. The van der Waals surface area contributed by atoms with Crippen LogP contribution in [0, 0.1) is 28.8 Å². The molecule has 1 fully saturated rings. The van der Waals surface area contributed by atoms with Gasteiger partial charge in [0.25, 0.3) is 0 Å². The second-order valence-electron chi connectivity index (χ2n) is 10.3. The normalized spacial score (nSPS) is 17.8. The predicted molar refractivity (Wildman–Crippen MR) is 130 cm³/mol. The van der Waals surface area contributed by atoms with E-state index in [1.807, 2.05) is 20.8 Å². The number of hydrogen-bond acceptors (Lipinski definition) is 4. The maximum absolute atomic E-state index is 14.0. The van der Waals surface area contributed by atoms with Crippen LogP contribution < -0.4 is 5.73 Å². The quantitative estimate of drug-likeness (QED) is 0.540. The Bertz CT molecular complexity index is 1220. The minimum absolute atomic E-state index is 0.0512. The van der Waals surface area contributed by atoms with E-state index >= 15 is 0 Å². The van der Waals surface area contributed by atoms with Crippen molar-refractivity contribution >= 4 is 5.91 Å². The van der Waals surface area contributed by atoms with E-state index in [9.17, 15) is 18.0 Å². The minimum Gasteiger partial charge on any atom is -0.371 e. The fourth-order valence-electron chi connectivity index (χ4n) is 4.68. The summed E-state index contributed by atoms with van der Waals surface area (Å²) in [4.78, 5) is 19.8. The van der Waals surface area contributed by atoms with Crippen LogP contribution in [0.2, 0.25) is 0 Å². The highest BCUT2D eigenvalue weighted by Crippen LogP contribution is 2.40. The first-order valence-electron chi connectivity index (χ1n) is 11.9. The van der Waals surface area contributed by atoms with E-state index in [1.165, 1.54) is 24.3 Å². The third-order valence-corrected chi connectivity index (χ3v) is 6.27. The number of nitrogens with zero attached hydrogens (tertiary/aromatic N) is 3. The van der Waals surface area contributed by atoms with Crippen molar-refractivity contribution in [3.63, 3.8) is 0 Å². The van der Waals surface area contributed by atoms with Gasteiger partial charge in [0.2, 0.25) is 5.91 Å². The molecule has 0 aliphatic carbocycles. The van der Waals surface area contributed by atoms with Crippen LogP contribution in [0.5, 0.6) is 0 Å². The Morgan fingerprint density at radius 1 is 1.11 bits per heavy atom. The summed E-state index contributed by atoms with van der Waals surface area (Å²) in [5.74, 6) is -1.49. The van der Waals surface area contributed by atoms with Gasteiger partial charge in [-0.1, -0.05) is 32.9 Å². The number of halogens is 3. The average molecular weight is 501 g/mol. The zero-order chi connectivity index (χ0) is 26.0. The van der Waals surface area contributed by atoms with Crippen molar-refractivity contribution in [3.05, 3.63) is 77.5 Å². The number of ether oxygens (including phenoxy) is 1. The summed E-state index contributed by atoms with van der Waals surface area (Å²) in [6.07, 6.45) is 1.73. The average Bonchev–Trinajstić information content (AvgIpc) is 3.09. The zero-order valence-corrected chi connectivity index (χ0v) is 20.7. The number of aromatic nitrogens is 2. The van der Waals surface area contributed by atoms with Crippen LogP contribution in [0.4, 0.5) is 13.2 Å². The van der Waals surface area contributed by atoms with Crippen molar-refractivity contribution in [1.29, 1.82) is 0 Å². The van der Waals surface area contributed by atoms with Gasteiger partial charge >= 0.3 is 0 Å². The molecule has 0 radical (unpaired) electrons. The van der Waals surface area contributed by atoms with Gasteiger partial charge in [0.15, 0.2) is 0 Å². The molecule has 1 aromatic heterocycles. The topological polar surface area (TPSA) is 73.4 Å². The van der Waals surface area contributed by atoms with Crippen LogP contribution in [0.15, 0.2) is 48.7 Å². The molecule has 2 aromatic carbocycles. The van der Waals surface area contributed by atoms with Crippen LogP contribution in [0.3, 0.4) is 0 Å². The van der Waals surface area contributed by atoms with E-state index in [0.29, 0.717) is 42.3 Å². The third-order valence-electron chi connectivity index (χ3n) is 6.27. The van der Waals surface area contributed by atoms with Gasteiger partial charge < -0.3 is 19.9 Å². The van der Waals surface area contributed by atoms with Crippen molar-refractivity contribution < 1.29 is 22.7 Å². The molecule has 0 saturated carbocycles. The van der Waals surface area contributed by atoms with E-state index in [1.54, 1.807) is 27.8 Å². The van der Waals surface area contributed by atoms with E-state index in [2.05, 4.69) is 0 Å². The lowest BCUT2D eigenvalue weighted by molar-refractivity contribution is -0.139. The monoisotopic (exact) mass is 500 g/mol. The zero-order valence-electron chi connectivity index (χ0n) is 20.7. The lowest BCUT2D eigenvalue weighted by atomic mass is 9.84. The van der Waals surface area contributed by atoms with Crippen molar-refractivity contribution in [2.45, 2.75) is 33.4 Å². The lowest BCUT2D eigenvalue weighted by Gasteiger charge is -2.40. The first-order valence-corrected chi connectivity index (χ1v) is 11.9. The fraction of sp³-hybridized carbons (Fsp3) is 0.407. The summed E-state index contributed by atoms with van der Waals surface area (Å²) >= 11 is 0. The van der Waals surface area contributed by atoms with E-state index in [4.69, 9.17) is 15.5 Å². The number of rotatable bonds is 6. The van der Waals surface area contributed by atoms with Crippen molar-refractivity contribution in [3.8, 4) is 11.3 Å². The molecule has 3 aromatic rings. The fourth-order valence-corrected chi connectivity index (χ4v) is 4.68. The van der Waals surface area contributed by atoms with Gasteiger partial charge in [0.05, 0.1) is 18.3 Å². The van der Waals surface area contributed by atoms with Gasteiger partial charge in [-0.15, -0.1) is 0 Å². The predicted octanol–water partition coefficient (Wildman–Crippen LogP) is 4.54. The molecule has 2 heterocycles. The lowest BCUT2D eigenvalue weighted by Crippen LogP contribution is -2.45. The number of amides is 1. The van der Waals surface area contributed by atoms with Gasteiger partial charge in [0, 0.05) is 36.8 Å². The molecular weight excluding hydrogens is 469 g/mol. The van der Waals surface area contributed by atoms with Crippen LogP contribution in [0.1, 0.15) is 38.2 Å². The van der Waals surface area contributed by atoms with Gasteiger partial charge in [-0.05, 0) is 41.8 Å². The van der Waals surface area contributed by atoms with Gasteiger partial charge in [0.1, 0.15) is 29.9 Å². The van der Waals surface area contributed by atoms with Crippen molar-refractivity contribution in [2.24, 2.45) is 17.1 Å². The number of benzene rings is 2. The van der Waals surface area contributed by atoms with Crippen LogP contribution in [-0.2, 0) is 16.1 Å². The molecule has 1 aliphatic rings. The summed E-state index contributed by atoms with van der Waals surface area (Å²) in [6.45, 7) is 7.14. The van der Waals surface area contributed by atoms with Gasteiger partial charge in [-0.25, -0.2) is 18.2 Å². The molecule has 36 heavy (non-hydrogen) atoms. The van der Waals surface area contributed by atoms with Gasteiger partial charge in [-0.3, -0.25) is 4.79 Å². The SMILES string of the molecule is CC(C)(C)[C@H](c1nc(-c2cccc(F)c2)cn1Cc1cc(F)cc(F)c1)N1C[C@@H](CN)COCC1=O. The summed E-state index contributed by atoms with van der Waals surface area (Å²) in [6, 6.07) is 8.87. The molecule has 1 saturated heterocycles. The highest BCUT2D eigenvalue weighted by Gasteiger charge is 2.40. The molecule has 192 valence electrons. The van der Waals surface area contributed by atoms with Crippen molar-refractivity contribution in [2.75, 3.05) is 26.3 Å². The molecule has 0 unspecified atom stereocenters. The molecule has 2 N–H and O–H groups in total. The molecule has 2 atom stereocenters. The first-order chi connectivity index (χ1) is 17.0. The molecular formula is C27H31F3N4O2. The highest BCUT2D eigenvalue weighted by molar-refractivity contribution is 5.78. The highest BCUT2D eigenvalue weighted by atomic mass is 19.1. The standard InChI is InChI=1S/C27H31F3N4O2/c1-27(2,3)25(34-13-18(11-31)15-36-16-24(34)35)26-32-23(19-5-4-6-20(28)9-19)14-33(26)12-17-7-21(29)10-22(30)8-17/h4-10,14,18,25H,11-13,15-16,31H2,1-3H3/t18-,25+/m1/s1. The maximum Gasteiger partial charge on any atom is 0.249 e. The second kappa shape index (κ2) is 10.4. The Labute approximate surface area is 208 Å². The Morgan fingerprint density at radius 3 is 2.47 bits per heavy atom. The van der Waals surface area contributed by atoms with Gasteiger partial charge in [-0.2, -0.15) is 0 Å². The summed E-state index contributed by atoms with van der Waals surface area (Å²) < 4.78 is 49.3. The second-order valence-corrected chi connectivity index (χ2v) is 10.3. The number of nitrogens with two attached hydrogens (primary N) is 1.